The number of hydrogen-bond acceptors (Lipinski definition) is 4. The molecule has 0 spiro atoms. The van der Waals surface area contributed by atoms with Gasteiger partial charge in [0, 0.05) is 12.8 Å². The summed E-state index contributed by atoms with van der Waals surface area (Å²) in [4.78, 5) is 11.6. The number of ketones is 1. The maximum atomic E-state index is 11.6. The van der Waals surface area contributed by atoms with E-state index in [9.17, 15) is 4.79 Å². The first-order valence-corrected chi connectivity index (χ1v) is 7.52. The maximum Gasteiger partial charge on any atom is 0.132 e. The topological polar surface area (TPSA) is 66.8 Å². The summed E-state index contributed by atoms with van der Waals surface area (Å²) in [6, 6.07) is 0. The third kappa shape index (κ3) is 12.3. The third-order valence-electron chi connectivity index (χ3n) is 3.16. The van der Waals surface area contributed by atoms with Crippen molar-refractivity contribution < 1.29 is 19.7 Å². The fourth-order valence-electron chi connectivity index (χ4n) is 1.87. The number of carbonyl (C=O) groups excluding carboxylic acids is 1. The van der Waals surface area contributed by atoms with Crippen molar-refractivity contribution in [3.63, 3.8) is 0 Å². The molecule has 0 heterocycles. The molecule has 0 aliphatic carbocycles. The van der Waals surface area contributed by atoms with Crippen LogP contribution in [0.4, 0.5) is 0 Å². The first-order chi connectivity index (χ1) is 9.10. The monoisotopic (exact) mass is 274 g/mol. The van der Waals surface area contributed by atoms with Gasteiger partial charge >= 0.3 is 0 Å². The van der Waals surface area contributed by atoms with Gasteiger partial charge in [0.1, 0.15) is 11.9 Å². The molecule has 0 fully saturated rings. The SMILES string of the molecule is CCCCCCC(=O)CCCC(C)OCC(O)CO. The van der Waals surface area contributed by atoms with Gasteiger partial charge in [-0.3, -0.25) is 4.79 Å². The summed E-state index contributed by atoms with van der Waals surface area (Å²) in [7, 11) is 0. The second kappa shape index (κ2) is 12.6. The van der Waals surface area contributed by atoms with Crippen LogP contribution in [0.25, 0.3) is 0 Å². The predicted octanol–water partition coefficient (Wildman–Crippen LogP) is 2.45. The smallest absolute Gasteiger partial charge is 0.132 e. The molecular weight excluding hydrogens is 244 g/mol. The van der Waals surface area contributed by atoms with Gasteiger partial charge in [-0.1, -0.05) is 26.2 Å². The highest BCUT2D eigenvalue weighted by Gasteiger charge is 2.08. The Kier molecular flexibility index (Phi) is 12.3. The molecule has 0 aliphatic rings. The van der Waals surface area contributed by atoms with Gasteiger partial charge in [-0.25, -0.2) is 0 Å². The molecule has 0 aliphatic heterocycles. The zero-order valence-electron chi connectivity index (χ0n) is 12.4. The number of aliphatic hydroxyl groups excluding tert-OH is 2. The van der Waals surface area contributed by atoms with E-state index in [4.69, 9.17) is 14.9 Å². The number of unbranched alkanes of at least 4 members (excludes halogenated alkanes) is 3. The number of rotatable bonds is 13. The Morgan fingerprint density at radius 1 is 1.16 bits per heavy atom. The highest BCUT2D eigenvalue weighted by molar-refractivity contribution is 5.78. The minimum atomic E-state index is -0.803. The molecule has 0 aromatic carbocycles. The van der Waals surface area contributed by atoms with E-state index in [1.165, 1.54) is 12.8 Å². The Labute approximate surface area is 117 Å². The van der Waals surface area contributed by atoms with Crippen molar-refractivity contribution in [3.05, 3.63) is 0 Å². The lowest BCUT2D eigenvalue weighted by atomic mass is 10.0. The summed E-state index contributed by atoms with van der Waals surface area (Å²) in [5.74, 6) is 0.346. The number of carbonyl (C=O) groups is 1. The third-order valence-corrected chi connectivity index (χ3v) is 3.16. The summed E-state index contributed by atoms with van der Waals surface area (Å²) in [5.41, 5.74) is 0. The molecule has 0 aromatic rings. The Hall–Kier alpha value is -0.450. The van der Waals surface area contributed by atoms with E-state index in [0.29, 0.717) is 18.6 Å². The number of aliphatic hydroxyl groups is 2. The highest BCUT2D eigenvalue weighted by Crippen LogP contribution is 2.09. The largest absolute Gasteiger partial charge is 0.394 e. The minimum absolute atomic E-state index is 0.0223. The van der Waals surface area contributed by atoms with Crippen molar-refractivity contribution in [3.8, 4) is 0 Å². The van der Waals surface area contributed by atoms with Crippen LogP contribution in [0.15, 0.2) is 0 Å². The molecule has 19 heavy (non-hydrogen) atoms. The standard InChI is InChI=1S/C15H30O4/c1-3-4-5-6-9-14(17)10-7-8-13(2)19-12-15(18)11-16/h13,15-16,18H,3-12H2,1-2H3. The van der Waals surface area contributed by atoms with Crippen LogP contribution in [0.2, 0.25) is 0 Å². The van der Waals surface area contributed by atoms with Gasteiger partial charge in [0.15, 0.2) is 0 Å². The number of Topliss-reactive ketones (excluding diaryl/α,β-unsaturated/α-hetero) is 1. The lowest BCUT2D eigenvalue weighted by molar-refractivity contribution is -0.119. The second-order valence-electron chi connectivity index (χ2n) is 5.22. The normalized spacial score (nSPS) is 14.3. The molecule has 0 saturated heterocycles. The molecule has 4 heteroatoms. The minimum Gasteiger partial charge on any atom is -0.394 e. The van der Waals surface area contributed by atoms with Gasteiger partial charge in [0.25, 0.3) is 0 Å². The van der Waals surface area contributed by atoms with Crippen LogP contribution in [0.3, 0.4) is 0 Å². The van der Waals surface area contributed by atoms with Crippen LogP contribution in [0.1, 0.15) is 65.2 Å². The molecule has 0 radical (unpaired) electrons. The van der Waals surface area contributed by atoms with Gasteiger partial charge in [-0.15, -0.1) is 0 Å². The lowest BCUT2D eigenvalue weighted by Crippen LogP contribution is -2.23. The van der Waals surface area contributed by atoms with Crippen LogP contribution in [-0.2, 0) is 9.53 Å². The van der Waals surface area contributed by atoms with Crippen molar-refractivity contribution in [2.24, 2.45) is 0 Å². The van der Waals surface area contributed by atoms with Gasteiger partial charge in [-0.05, 0) is 26.2 Å². The zero-order chi connectivity index (χ0) is 14.5. The average molecular weight is 274 g/mol. The van der Waals surface area contributed by atoms with Crippen molar-refractivity contribution in [2.75, 3.05) is 13.2 Å². The van der Waals surface area contributed by atoms with E-state index < -0.39 is 6.10 Å². The van der Waals surface area contributed by atoms with E-state index in [2.05, 4.69) is 6.92 Å². The molecule has 0 rings (SSSR count). The maximum absolute atomic E-state index is 11.6. The van der Waals surface area contributed by atoms with Crippen molar-refractivity contribution in [1.29, 1.82) is 0 Å². The van der Waals surface area contributed by atoms with Gasteiger partial charge in [0.05, 0.1) is 19.3 Å². The molecule has 0 aromatic heterocycles. The Bertz CT molecular complexity index is 218. The molecular formula is C15H30O4. The summed E-state index contributed by atoms with van der Waals surface area (Å²) in [5, 5.41) is 17.8. The van der Waals surface area contributed by atoms with E-state index in [1.54, 1.807) is 0 Å². The summed E-state index contributed by atoms with van der Waals surface area (Å²) < 4.78 is 5.37. The molecule has 2 atom stereocenters. The zero-order valence-corrected chi connectivity index (χ0v) is 12.4. The molecule has 0 bridgehead atoms. The van der Waals surface area contributed by atoms with Crippen LogP contribution in [0, 0.1) is 0 Å². The van der Waals surface area contributed by atoms with Gasteiger partial charge in [-0.2, -0.15) is 0 Å². The Balaban J connectivity index is 3.42. The quantitative estimate of drug-likeness (QED) is 0.506. The highest BCUT2D eigenvalue weighted by atomic mass is 16.5. The first kappa shape index (κ1) is 18.6. The fraction of sp³-hybridized carbons (Fsp3) is 0.933. The van der Waals surface area contributed by atoms with E-state index >= 15 is 0 Å². The molecule has 2 unspecified atom stereocenters. The molecule has 0 amide bonds. The van der Waals surface area contributed by atoms with Gasteiger partial charge < -0.3 is 14.9 Å². The molecule has 2 N–H and O–H groups in total. The Morgan fingerprint density at radius 3 is 2.47 bits per heavy atom. The second-order valence-corrected chi connectivity index (χ2v) is 5.22. The van der Waals surface area contributed by atoms with Crippen LogP contribution < -0.4 is 0 Å². The lowest BCUT2D eigenvalue weighted by Gasteiger charge is -2.14. The average Bonchev–Trinajstić information content (AvgIpc) is 2.41. The summed E-state index contributed by atoms with van der Waals surface area (Å²) in [6.45, 7) is 3.97. The van der Waals surface area contributed by atoms with E-state index in [-0.39, 0.29) is 19.3 Å². The molecule has 0 saturated carbocycles. The fourth-order valence-corrected chi connectivity index (χ4v) is 1.87. The Morgan fingerprint density at radius 2 is 1.84 bits per heavy atom. The molecule has 4 nitrogen and oxygen atoms in total. The van der Waals surface area contributed by atoms with Crippen molar-refractivity contribution in [2.45, 2.75) is 77.4 Å². The van der Waals surface area contributed by atoms with Crippen LogP contribution >= 0.6 is 0 Å². The van der Waals surface area contributed by atoms with E-state index in [1.807, 2.05) is 6.92 Å². The van der Waals surface area contributed by atoms with Crippen LogP contribution in [0.5, 0.6) is 0 Å². The summed E-state index contributed by atoms with van der Waals surface area (Å²) >= 11 is 0. The predicted molar refractivity (Wildman–Crippen MR) is 76.1 cm³/mol. The van der Waals surface area contributed by atoms with Crippen molar-refractivity contribution >= 4 is 5.78 Å². The van der Waals surface area contributed by atoms with E-state index in [0.717, 1.165) is 25.7 Å². The first-order valence-electron chi connectivity index (χ1n) is 7.52. The van der Waals surface area contributed by atoms with Crippen molar-refractivity contribution in [1.82, 2.24) is 0 Å². The number of hydrogen-bond donors (Lipinski definition) is 2. The number of ether oxygens (including phenoxy) is 1. The van der Waals surface area contributed by atoms with Gasteiger partial charge in [0.2, 0.25) is 0 Å². The molecule has 114 valence electrons. The summed E-state index contributed by atoms with van der Waals surface area (Å²) in [6.07, 6.45) is 6.79. The van der Waals surface area contributed by atoms with Crippen LogP contribution in [-0.4, -0.2) is 41.4 Å².